The summed E-state index contributed by atoms with van der Waals surface area (Å²) in [5.41, 5.74) is 1.16. The Morgan fingerprint density at radius 3 is 2.09 bits per heavy atom. The van der Waals surface area contributed by atoms with E-state index in [-0.39, 0.29) is 18.9 Å². The average Bonchev–Trinajstić information content (AvgIpc) is 1.90. The molecule has 0 aromatic carbocycles. The van der Waals surface area contributed by atoms with Crippen molar-refractivity contribution in [2.75, 3.05) is 19.6 Å². The molecule has 0 aromatic rings. The van der Waals surface area contributed by atoms with E-state index in [1.165, 1.54) is 0 Å². The number of hydrogen-bond donors (Lipinski definition) is 0. The number of likely N-dealkylation sites (N-methyl/N-ethyl adjacent to an activating group) is 1. The van der Waals surface area contributed by atoms with Crippen molar-refractivity contribution in [2.45, 2.75) is 20.8 Å². The van der Waals surface area contributed by atoms with Crippen LogP contribution in [-0.2, 0) is 0 Å². The molecular formula is C9H19LiN. The first-order chi connectivity index (χ1) is 4.70. The van der Waals surface area contributed by atoms with Crippen LogP contribution in [0.5, 0.6) is 0 Å². The van der Waals surface area contributed by atoms with Crippen molar-refractivity contribution >= 4 is 18.9 Å². The zero-order valence-electron chi connectivity index (χ0n) is 7.35. The molecule has 0 spiro atoms. The summed E-state index contributed by atoms with van der Waals surface area (Å²) < 4.78 is 0. The van der Waals surface area contributed by atoms with Crippen LogP contribution in [0.1, 0.15) is 20.8 Å². The van der Waals surface area contributed by atoms with Crippen LogP contribution in [0, 0.1) is 6.92 Å². The molecular weight excluding hydrogens is 129 g/mol. The molecule has 0 saturated carbocycles. The zero-order chi connectivity index (χ0) is 7.98. The van der Waals surface area contributed by atoms with E-state index in [0.717, 1.165) is 25.2 Å². The van der Waals surface area contributed by atoms with Crippen molar-refractivity contribution in [3.05, 3.63) is 18.6 Å². The van der Waals surface area contributed by atoms with Gasteiger partial charge < -0.3 is 4.90 Å². The molecule has 1 nitrogen and oxygen atoms in total. The van der Waals surface area contributed by atoms with Crippen LogP contribution in [0.2, 0.25) is 0 Å². The SMILES string of the molecule is [CH2]C(C)=CCN(CC)CC.[LiH]. The molecule has 0 aromatic heterocycles. The predicted octanol–water partition coefficient (Wildman–Crippen LogP) is 1.46. The van der Waals surface area contributed by atoms with Crippen molar-refractivity contribution in [1.82, 2.24) is 4.90 Å². The van der Waals surface area contributed by atoms with Gasteiger partial charge in [-0.2, -0.15) is 0 Å². The minimum absolute atomic E-state index is 0. The first kappa shape index (κ1) is 13.9. The van der Waals surface area contributed by atoms with Gasteiger partial charge in [-0.05, 0) is 26.9 Å². The first-order valence-corrected chi connectivity index (χ1v) is 3.91. The third-order valence-electron chi connectivity index (χ3n) is 1.59. The summed E-state index contributed by atoms with van der Waals surface area (Å²) in [5, 5.41) is 0. The van der Waals surface area contributed by atoms with E-state index in [1.54, 1.807) is 0 Å². The monoisotopic (exact) mass is 148 g/mol. The third-order valence-corrected chi connectivity index (χ3v) is 1.59. The van der Waals surface area contributed by atoms with E-state index >= 15 is 0 Å². The molecule has 0 fully saturated rings. The Hall–Kier alpha value is 0.297. The van der Waals surface area contributed by atoms with Crippen LogP contribution < -0.4 is 0 Å². The second-order valence-electron chi connectivity index (χ2n) is 2.54. The van der Waals surface area contributed by atoms with Crippen molar-refractivity contribution in [3.63, 3.8) is 0 Å². The van der Waals surface area contributed by atoms with Crippen LogP contribution in [0.3, 0.4) is 0 Å². The fourth-order valence-corrected chi connectivity index (χ4v) is 0.767. The molecule has 0 unspecified atom stereocenters. The fraction of sp³-hybridized carbons (Fsp3) is 0.667. The Morgan fingerprint density at radius 1 is 1.36 bits per heavy atom. The molecule has 0 bridgehead atoms. The molecule has 0 N–H and O–H groups in total. The van der Waals surface area contributed by atoms with Gasteiger partial charge in [-0.1, -0.05) is 25.5 Å². The fourth-order valence-electron chi connectivity index (χ4n) is 0.767. The summed E-state index contributed by atoms with van der Waals surface area (Å²) in [6, 6.07) is 0. The van der Waals surface area contributed by atoms with Gasteiger partial charge in [0.15, 0.2) is 0 Å². The van der Waals surface area contributed by atoms with Crippen molar-refractivity contribution in [2.24, 2.45) is 0 Å². The Labute approximate surface area is 83.0 Å². The van der Waals surface area contributed by atoms with Crippen LogP contribution >= 0.6 is 0 Å². The van der Waals surface area contributed by atoms with Crippen LogP contribution in [0.4, 0.5) is 0 Å². The Morgan fingerprint density at radius 2 is 1.82 bits per heavy atom. The summed E-state index contributed by atoms with van der Waals surface area (Å²) in [4.78, 5) is 2.36. The Balaban J connectivity index is 0. The molecule has 2 heteroatoms. The zero-order valence-corrected chi connectivity index (χ0v) is 7.35. The molecule has 0 aliphatic heterocycles. The van der Waals surface area contributed by atoms with Crippen molar-refractivity contribution < 1.29 is 0 Å². The maximum atomic E-state index is 3.81. The van der Waals surface area contributed by atoms with E-state index in [2.05, 4.69) is 31.7 Å². The average molecular weight is 148 g/mol. The summed E-state index contributed by atoms with van der Waals surface area (Å²) in [7, 11) is 0. The van der Waals surface area contributed by atoms with Gasteiger partial charge in [-0.3, -0.25) is 0 Å². The van der Waals surface area contributed by atoms with E-state index < -0.39 is 0 Å². The molecule has 0 rings (SSSR count). The molecule has 0 amide bonds. The maximum absolute atomic E-state index is 3.81. The van der Waals surface area contributed by atoms with E-state index in [0.29, 0.717) is 0 Å². The number of rotatable bonds is 4. The Kier molecular flexibility index (Phi) is 10.6. The van der Waals surface area contributed by atoms with Gasteiger partial charge in [0, 0.05) is 6.54 Å². The summed E-state index contributed by atoms with van der Waals surface area (Å²) in [6.07, 6.45) is 2.16. The topological polar surface area (TPSA) is 3.24 Å². The summed E-state index contributed by atoms with van der Waals surface area (Å²) in [6.45, 7) is 13.5. The first-order valence-electron chi connectivity index (χ1n) is 3.91. The van der Waals surface area contributed by atoms with E-state index in [4.69, 9.17) is 0 Å². The van der Waals surface area contributed by atoms with Gasteiger partial charge >= 0.3 is 18.9 Å². The number of hydrogen-bond acceptors (Lipinski definition) is 1. The van der Waals surface area contributed by atoms with Gasteiger partial charge in [0.1, 0.15) is 0 Å². The second-order valence-corrected chi connectivity index (χ2v) is 2.54. The second kappa shape index (κ2) is 8.39. The third kappa shape index (κ3) is 8.20. The van der Waals surface area contributed by atoms with Gasteiger partial charge in [-0.15, -0.1) is 0 Å². The van der Waals surface area contributed by atoms with Crippen LogP contribution in [0.15, 0.2) is 11.6 Å². The number of nitrogens with zero attached hydrogens (tertiary/aromatic N) is 1. The van der Waals surface area contributed by atoms with Crippen molar-refractivity contribution in [1.29, 1.82) is 0 Å². The minimum atomic E-state index is 0. The molecule has 11 heavy (non-hydrogen) atoms. The molecule has 0 heterocycles. The van der Waals surface area contributed by atoms with E-state index in [1.807, 2.05) is 6.92 Å². The summed E-state index contributed by atoms with van der Waals surface area (Å²) in [5.74, 6) is 0. The van der Waals surface area contributed by atoms with Gasteiger partial charge in [0.25, 0.3) is 0 Å². The van der Waals surface area contributed by atoms with E-state index in [9.17, 15) is 0 Å². The summed E-state index contributed by atoms with van der Waals surface area (Å²) >= 11 is 0. The quantitative estimate of drug-likeness (QED) is 0.545. The molecule has 61 valence electrons. The molecule has 1 radical (unpaired) electrons. The standard InChI is InChI=1S/C9H18N.Li.H/c1-5-10(6-2)8-7-9(3)4;;/h7H,3,5-6,8H2,1-2,4H3;;. The van der Waals surface area contributed by atoms with Crippen LogP contribution in [-0.4, -0.2) is 43.4 Å². The van der Waals surface area contributed by atoms with Crippen molar-refractivity contribution in [3.8, 4) is 0 Å². The van der Waals surface area contributed by atoms with Gasteiger partial charge in [-0.25, -0.2) is 0 Å². The Bertz CT molecular complexity index is 102. The molecule has 0 aliphatic rings. The molecule has 0 saturated heterocycles. The van der Waals surface area contributed by atoms with Crippen LogP contribution in [0.25, 0.3) is 0 Å². The predicted molar refractivity (Wildman–Crippen MR) is 54.1 cm³/mol. The van der Waals surface area contributed by atoms with Gasteiger partial charge in [0.2, 0.25) is 0 Å². The number of allylic oxidation sites excluding steroid dienone is 1. The molecule has 0 atom stereocenters. The normalized spacial score (nSPS) is 11.5. The van der Waals surface area contributed by atoms with Gasteiger partial charge in [0.05, 0.1) is 0 Å². The molecule has 0 aliphatic carbocycles.